The SMILES string of the molecule is C=CCOC(C)(C(=O)O)c1c(C)cc(C)cc1C. The van der Waals surface area contributed by atoms with E-state index < -0.39 is 11.6 Å². The largest absolute Gasteiger partial charge is 0.479 e. The molecule has 0 spiro atoms. The Balaban J connectivity index is 3.38. The van der Waals surface area contributed by atoms with Crippen molar-refractivity contribution in [1.29, 1.82) is 0 Å². The third-order valence-corrected chi connectivity index (χ3v) is 3.05. The molecule has 0 bridgehead atoms. The third kappa shape index (κ3) is 2.62. The molecule has 1 atom stereocenters. The molecular weight excluding hydrogens is 228 g/mol. The lowest BCUT2D eigenvalue weighted by Crippen LogP contribution is -2.37. The van der Waals surface area contributed by atoms with Crippen LogP contribution in [0.4, 0.5) is 0 Å². The zero-order valence-corrected chi connectivity index (χ0v) is 11.4. The maximum absolute atomic E-state index is 11.6. The van der Waals surface area contributed by atoms with E-state index in [4.69, 9.17) is 4.74 Å². The van der Waals surface area contributed by atoms with Crippen molar-refractivity contribution in [2.24, 2.45) is 0 Å². The second-order valence-corrected chi connectivity index (χ2v) is 4.71. The molecule has 98 valence electrons. The van der Waals surface area contributed by atoms with E-state index in [1.807, 2.05) is 32.9 Å². The summed E-state index contributed by atoms with van der Waals surface area (Å²) in [5.74, 6) is -0.987. The summed E-state index contributed by atoms with van der Waals surface area (Å²) in [6, 6.07) is 3.95. The van der Waals surface area contributed by atoms with Crippen molar-refractivity contribution in [3.8, 4) is 0 Å². The van der Waals surface area contributed by atoms with E-state index in [1.165, 1.54) is 0 Å². The highest BCUT2D eigenvalue weighted by Crippen LogP contribution is 2.32. The van der Waals surface area contributed by atoms with Crippen LogP contribution in [0.2, 0.25) is 0 Å². The van der Waals surface area contributed by atoms with E-state index in [0.29, 0.717) is 0 Å². The summed E-state index contributed by atoms with van der Waals surface area (Å²) in [6.45, 7) is 11.2. The summed E-state index contributed by atoms with van der Waals surface area (Å²) < 4.78 is 5.51. The van der Waals surface area contributed by atoms with E-state index in [0.717, 1.165) is 22.3 Å². The van der Waals surface area contributed by atoms with Gasteiger partial charge in [0.25, 0.3) is 0 Å². The van der Waals surface area contributed by atoms with Crippen LogP contribution in [0.3, 0.4) is 0 Å². The molecule has 0 radical (unpaired) electrons. The molecule has 0 aliphatic carbocycles. The number of hydrogen-bond donors (Lipinski definition) is 1. The van der Waals surface area contributed by atoms with Crippen molar-refractivity contribution in [2.45, 2.75) is 33.3 Å². The summed E-state index contributed by atoms with van der Waals surface area (Å²) in [5.41, 5.74) is 2.37. The topological polar surface area (TPSA) is 46.5 Å². The van der Waals surface area contributed by atoms with Gasteiger partial charge in [0.05, 0.1) is 6.61 Å². The van der Waals surface area contributed by atoms with Gasteiger partial charge in [0.1, 0.15) is 0 Å². The number of carboxylic acids is 1. The molecule has 0 aliphatic heterocycles. The van der Waals surface area contributed by atoms with Gasteiger partial charge in [-0.25, -0.2) is 4.79 Å². The minimum Gasteiger partial charge on any atom is -0.479 e. The third-order valence-electron chi connectivity index (χ3n) is 3.05. The number of aryl methyl sites for hydroxylation is 3. The lowest BCUT2D eigenvalue weighted by atomic mass is 9.87. The monoisotopic (exact) mass is 248 g/mol. The Kier molecular flexibility index (Phi) is 4.30. The first kappa shape index (κ1) is 14.5. The van der Waals surface area contributed by atoms with E-state index in [1.54, 1.807) is 13.0 Å². The fourth-order valence-electron chi connectivity index (χ4n) is 2.40. The Morgan fingerprint density at radius 1 is 1.39 bits per heavy atom. The van der Waals surface area contributed by atoms with Gasteiger partial charge in [-0.05, 0) is 38.8 Å². The maximum atomic E-state index is 11.6. The molecule has 0 aliphatic rings. The number of carboxylic acid groups (broad SMARTS) is 1. The lowest BCUT2D eigenvalue weighted by Gasteiger charge is -2.29. The Hall–Kier alpha value is -1.61. The van der Waals surface area contributed by atoms with Crippen LogP contribution in [0.15, 0.2) is 24.8 Å². The smallest absolute Gasteiger partial charge is 0.340 e. The van der Waals surface area contributed by atoms with Crippen molar-refractivity contribution < 1.29 is 14.6 Å². The summed E-state index contributed by atoms with van der Waals surface area (Å²) in [6.07, 6.45) is 1.56. The average Bonchev–Trinajstić information content (AvgIpc) is 2.24. The van der Waals surface area contributed by atoms with Gasteiger partial charge in [0, 0.05) is 5.56 Å². The molecule has 0 saturated heterocycles. The molecule has 0 amide bonds. The number of hydrogen-bond acceptors (Lipinski definition) is 2. The first-order valence-corrected chi connectivity index (χ1v) is 5.89. The first-order chi connectivity index (χ1) is 8.32. The minimum atomic E-state index is -1.34. The predicted molar refractivity (Wildman–Crippen MR) is 71.8 cm³/mol. The van der Waals surface area contributed by atoms with Crippen LogP contribution in [0, 0.1) is 20.8 Å². The van der Waals surface area contributed by atoms with E-state index in [-0.39, 0.29) is 6.61 Å². The van der Waals surface area contributed by atoms with Gasteiger partial charge in [-0.3, -0.25) is 0 Å². The van der Waals surface area contributed by atoms with Crippen LogP contribution in [-0.2, 0) is 15.1 Å². The van der Waals surface area contributed by atoms with Crippen LogP contribution in [0.1, 0.15) is 29.2 Å². The van der Waals surface area contributed by atoms with Crippen molar-refractivity contribution in [2.75, 3.05) is 6.61 Å². The highest BCUT2D eigenvalue weighted by atomic mass is 16.5. The Morgan fingerprint density at radius 2 is 1.89 bits per heavy atom. The molecule has 0 heterocycles. The van der Waals surface area contributed by atoms with Gasteiger partial charge in [-0.2, -0.15) is 0 Å². The fraction of sp³-hybridized carbons (Fsp3) is 0.400. The highest BCUT2D eigenvalue weighted by Gasteiger charge is 2.38. The predicted octanol–water partition coefficient (Wildman–Crippen LogP) is 3.11. The standard InChI is InChI=1S/C15H20O3/c1-6-7-18-15(5,14(16)17)13-11(3)8-10(2)9-12(13)4/h6,8-9H,1,7H2,2-5H3,(H,16,17). The number of benzene rings is 1. The molecule has 1 aromatic rings. The molecular formula is C15H20O3. The van der Waals surface area contributed by atoms with Crippen molar-refractivity contribution in [3.63, 3.8) is 0 Å². The van der Waals surface area contributed by atoms with Crippen molar-refractivity contribution in [3.05, 3.63) is 47.0 Å². The summed E-state index contributed by atoms with van der Waals surface area (Å²) in [5, 5.41) is 9.47. The summed E-state index contributed by atoms with van der Waals surface area (Å²) in [7, 11) is 0. The Labute approximate surface area is 108 Å². The zero-order valence-electron chi connectivity index (χ0n) is 11.4. The highest BCUT2D eigenvalue weighted by molar-refractivity contribution is 5.80. The maximum Gasteiger partial charge on any atom is 0.340 e. The van der Waals surface area contributed by atoms with Crippen LogP contribution in [0.25, 0.3) is 0 Å². The van der Waals surface area contributed by atoms with E-state index >= 15 is 0 Å². The van der Waals surface area contributed by atoms with Crippen molar-refractivity contribution >= 4 is 5.97 Å². The Morgan fingerprint density at radius 3 is 2.28 bits per heavy atom. The number of carbonyl (C=O) groups is 1. The summed E-state index contributed by atoms with van der Waals surface area (Å²) in [4.78, 5) is 11.6. The fourth-order valence-corrected chi connectivity index (χ4v) is 2.40. The van der Waals surface area contributed by atoms with Gasteiger partial charge in [0.2, 0.25) is 0 Å². The van der Waals surface area contributed by atoms with E-state index in [9.17, 15) is 9.90 Å². The number of aliphatic carboxylic acids is 1. The molecule has 1 unspecified atom stereocenters. The quantitative estimate of drug-likeness (QED) is 0.814. The minimum absolute atomic E-state index is 0.204. The number of rotatable bonds is 5. The average molecular weight is 248 g/mol. The number of ether oxygens (including phenoxy) is 1. The van der Waals surface area contributed by atoms with Gasteiger partial charge < -0.3 is 9.84 Å². The van der Waals surface area contributed by atoms with Crippen LogP contribution in [-0.4, -0.2) is 17.7 Å². The normalized spacial score (nSPS) is 14.0. The molecule has 0 fully saturated rings. The van der Waals surface area contributed by atoms with Crippen LogP contribution < -0.4 is 0 Å². The van der Waals surface area contributed by atoms with Crippen molar-refractivity contribution in [1.82, 2.24) is 0 Å². The molecule has 1 rings (SSSR count). The lowest BCUT2D eigenvalue weighted by molar-refractivity contribution is -0.163. The molecule has 0 saturated carbocycles. The van der Waals surface area contributed by atoms with Gasteiger partial charge >= 0.3 is 5.97 Å². The molecule has 3 nitrogen and oxygen atoms in total. The van der Waals surface area contributed by atoms with Crippen LogP contribution in [0.5, 0.6) is 0 Å². The van der Waals surface area contributed by atoms with Gasteiger partial charge in [-0.15, -0.1) is 6.58 Å². The molecule has 1 N–H and O–H groups in total. The molecule has 1 aromatic carbocycles. The molecule has 0 aromatic heterocycles. The summed E-state index contributed by atoms with van der Waals surface area (Å²) >= 11 is 0. The first-order valence-electron chi connectivity index (χ1n) is 5.89. The zero-order chi connectivity index (χ0) is 13.9. The van der Waals surface area contributed by atoms with Crippen LogP contribution >= 0.6 is 0 Å². The molecule has 3 heteroatoms. The second-order valence-electron chi connectivity index (χ2n) is 4.71. The Bertz CT molecular complexity index is 454. The van der Waals surface area contributed by atoms with Gasteiger partial charge in [0.15, 0.2) is 5.60 Å². The van der Waals surface area contributed by atoms with E-state index in [2.05, 4.69) is 6.58 Å². The molecule has 18 heavy (non-hydrogen) atoms. The second kappa shape index (κ2) is 5.36. The van der Waals surface area contributed by atoms with Gasteiger partial charge in [-0.1, -0.05) is 23.8 Å².